The van der Waals surface area contributed by atoms with Crippen LogP contribution in [0.5, 0.6) is 0 Å². The number of hydrogen-bond donors (Lipinski definition) is 2. The first-order chi connectivity index (χ1) is 7.63. The molecule has 0 bridgehead atoms. The molecule has 0 radical (unpaired) electrons. The van der Waals surface area contributed by atoms with Crippen LogP contribution in [0, 0.1) is 5.82 Å². The van der Waals surface area contributed by atoms with Gasteiger partial charge in [0, 0.05) is 16.7 Å². The monoisotopic (exact) mass is 240 g/mol. The SMILES string of the molecule is C=C(C)CC(CSc1ccccc1F)NN. The predicted molar refractivity (Wildman–Crippen MR) is 67.7 cm³/mol. The van der Waals surface area contributed by atoms with Crippen LogP contribution < -0.4 is 11.3 Å². The van der Waals surface area contributed by atoms with Gasteiger partial charge in [-0.15, -0.1) is 18.3 Å². The average molecular weight is 240 g/mol. The van der Waals surface area contributed by atoms with E-state index < -0.39 is 0 Å². The van der Waals surface area contributed by atoms with Crippen molar-refractivity contribution in [1.29, 1.82) is 0 Å². The van der Waals surface area contributed by atoms with E-state index in [1.54, 1.807) is 12.1 Å². The van der Waals surface area contributed by atoms with Crippen molar-refractivity contribution >= 4 is 11.8 Å². The van der Waals surface area contributed by atoms with Gasteiger partial charge in [0.05, 0.1) is 0 Å². The van der Waals surface area contributed by atoms with Crippen LogP contribution in [0.25, 0.3) is 0 Å². The fraction of sp³-hybridized carbons (Fsp3) is 0.333. The van der Waals surface area contributed by atoms with Crippen molar-refractivity contribution < 1.29 is 4.39 Å². The van der Waals surface area contributed by atoms with Crippen LogP contribution in [0.3, 0.4) is 0 Å². The lowest BCUT2D eigenvalue weighted by molar-refractivity contribution is 0.571. The molecule has 4 heteroatoms. The van der Waals surface area contributed by atoms with Gasteiger partial charge in [0.1, 0.15) is 5.82 Å². The number of hydrazine groups is 1. The molecule has 0 aliphatic heterocycles. The largest absolute Gasteiger partial charge is 0.271 e. The lowest BCUT2D eigenvalue weighted by atomic mass is 10.1. The summed E-state index contributed by atoms with van der Waals surface area (Å²) in [7, 11) is 0. The van der Waals surface area contributed by atoms with E-state index in [0.717, 1.165) is 17.7 Å². The van der Waals surface area contributed by atoms with E-state index >= 15 is 0 Å². The number of hydrogen-bond acceptors (Lipinski definition) is 3. The van der Waals surface area contributed by atoms with Crippen molar-refractivity contribution in [2.24, 2.45) is 5.84 Å². The van der Waals surface area contributed by atoms with Gasteiger partial charge in [-0.3, -0.25) is 11.3 Å². The first-order valence-electron chi connectivity index (χ1n) is 5.11. The van der Waals surface area contributed by atoms with Gasteiger partial charge in [0.15, 0.2) is 0 Å². The highest BCUT2D eigenvalue weighted by molar-refractivity contribution is 7.99. The molecule has 1 rings (SSSR count). The summed E-state index contributed by atoms with van der Waals surface area (Å²) in [5, 5.41) is 0. The summed E-state index contributed by atoms with van der Waals surface area (Å²) in [5.74, 6) is 5.97. The minimum atomic E-state index is -0.182. The average Bonchev–Trinajstić information content (AvgIpc) is 2.25. The molecular weight excluding hydrogens is 223 g/mol. The molecule has 0 aliphatic rings. The van der Waals surface area contributed by atoms with Crippen molar-refractivity contribution in [3.63, 3.8) is 0 Å². The number of rotatable bonds is 6. The summed E-state index contributed by atoms with van der Waals surface area (Å²) in [6.07, 6.45) is 0.804. The van der Waals surface area contributed by atoms with Gasteiger partial charge in [0.2, 0.25) is 0 Å². The van der Waals surface area contributed by atoms with Crippen molar-refractivity contribution in [1.82, 2.24) is 5.43 Å². The van der Waals surface area contributed by atoms with E-state index in [1.165, 1.54) is 17.8 Å². The molecular formula is C12H17FN2S. The number of thioether (sulfide) groups is 1. The second-order valence-electron chi connectivity index (χ2n) is 3.77. The van der Waals surface area contributed by atoms with E-state index in [1.807, 2.05) is 13.0 Å². The van der Waals surface area contributed by atoms with Gasteiger partial charge < -0.3 is 0 Å². The third kappa shape index (κ3) is 4.35. The van der Waals surface area contributed by atoms with Crippen LogP contribution in [0.4, 0.5) is 4.39 Å². The zero-order chi connectivity index (χ0) is 12.0. The molecule has 0 heterocycles. The van der Waals surface area contributed by atoms with Crippen LogP contribution in [-0.2, 0) is 0 Å². The van der Waals surface area contributed by atoms with Crippen LogP contribution in [0.2, 0.25) is 0 Å². The second kappa shape index (κ2) is 6.68. The van der Waals surface area contributed by atoms with Gasteiger partial charge in [-0.2, -0.15) is 0 Å². The van der Waals surface area contributed by atoms with Crippen molar-refractivity contribution in [2.45, 2.75) is 24.3 Å². The molecule has 0 spiro atoms. The Bertz CT molecular complexity index is 355. The third-order valence-corrected chi connectivity index (χ3v) is 3.32. The van der Waals surface area contributed by atoms with Crippen molar-refractivity contribution in [2.75, 3.05) is 5.75 Å². The van der Waals surface area contributed by atoms with Crippen LogP contribution >= 0.6 is 11.8 Å². The summed E-state index contributed by atoms with van der Waals surface area (Å²) >= 11 is 1.46. The van der Waals surface area contributed by atoms with Gasteiger partial charge in [-0.1, -0.05) is 17.7 Å². The summed E-state index contributed by atoms with van der Waals surface area (Å²) in [6.45, 7) is 5.79. The molecule has 2 nitrogen and oxygen atoms in total. The Hall–Kier alpha value is -0.840. The van der Waals surface area contributed by atoms with Crippen molar-refractivity contribution in [3.8, 4) is 0 Å². The Kier molecular flexibility index (Phi) is 5.52. The lowest BCUT2D eigenvalue weighted by Gasteiger charge is -2.15. The standard InChI is InChI=1S/C12H17FN2S/c1-9(2)7-10(15-14)8-16-12-6-4-3-5-11(12)13/h3-6,10,15H,1,7-8,14H2,2H3. The maximum Gasteiger partial charge on any atom is 0.136 e. The van der Waals surface area contributed by atoms with E-state index in [-0.39, 0.29) is 11.9 Å². The molecule has 1 aromatic carbocycles. The zero-order valence-electron chi connectivity index (χ0n) is 9.37. The minimum absolute atomic E-state index is 0.127. The third-order valence-electron chi connectivity index (χ3n) is 2.11. The first-order valence-corrected chi connectivity index (χ1v) is 6.10. The Labute approximate surface area is 100 Å². The Balaban J connectivity index is 2.49. The smallest absolute Gasteiger partial charge is 0.136 e. The van der Waals surface area contributed by atoms with Gasteiger partial charge >= 0.3 is 0 Å². The molecule has 0 fully saturated rings. The summed E-state index contributed by atoms with van der Waals surface area (Å²) in [5.41, 5.74) is 3.79. The molecule has 1 unspecified atom stereocenters. The maximum absolute atomic E-state index is 13.3. The van der Waals surface area contributed by atoms with E-state index in [2.05, 4.69) is 12.0 Å². The number of halogens is 1. The number of nitrogens with two attached hydrogens (primary N) is 1. The zero-order valence-corrected chi connectivity index (χ0v) is 10.2. The van der Waals surface area contributed by atoms with E-state index in [9.17, 15) is 4.39 Å². The molecule has 3 N–H and O–H groups in total. The normalized spacial score (nSPS) is 12.4. The number of nitrogens with one attached hydrogen (secondary N) is 1. The molecule has 0 aromatic heterocycles. The molecule has 1 aromatic rings. The summed E-state index contributed by atoms with van der Waals surface area (Å²) in [6, 6.07) is 6.88. The second-order valence-corrected chi connectivity index (χ2v) is 4.83. The Morgan fingerprint density at radius 2 is 2.25 bits per heavy atom. The molecule has 16 heavy (non-hydrogen) atoms. The summed E-state index contributed by atoms with van der Waals surface area (Å²) in [4.78, 5) is 0.657. The maximum atomic E-state index is 13.3. The Morgan fingerprint density at radius 1 is 1.56 bits per heavy atom. The molecule has 0 saturated carbocycles. The highest BCUT2D eigenvalue weighted by atomic mass is 32.2. The fourth-order valence-electron chi connectivity index (χ4n) is 1.34. The van der Waals surface area contributed by atoms with E-state index in [4.69, 9.17) is 5.84 Å². The minimum Gasteiger partial charge on any atom is -0.271 e. The van der Waals surface area contributed by atoms with Crippen LogP contribution in [0.1, 0.15) is 13.3 Å². The van der Waals surface area contributed by atoms with E-state index in [0.29, 0.717) is 4.90 Å². The van der Waals surface area contributed by atoms with Gasteiger partial charge in [-0.25, -0.2) is 4.39 Å². The molecule has 0 saturated heterocycles. The van der Waals surface area contributed by atoms with Gasteiger partial charge in [-0.05, 0) is 25.5 Å². The highest BCUT2D eigenvalue weighted by Crippen LogP contribution is 2.22. The number of benzene rings is 1. The molecule has 88 valence electrons. The first kappa shape index (κ1) is 13.2. The fourth-order valence-corrected chi connectivity index (χ4v) is 2.31. The van der Waals surface area contributed by atoms with Crippen LogP contribution in [0.15, 0.2) is 41.3 Å². The predicted octanol–water partition coefficient (Wildman–Crippen LogP) is 2.72. The quantitative estimate of drug-likeness (QED) is 0.347. The Morgan fingerprint density at radius 3 is 2.81 bits per heavy atom. The molecule has 0 amide bonds. The molecule has 0 aliphatic carbocycles. The topological polar surface area (TPSA) is 38.0 Å². The van der Waals surface area contributed by atoms with Crippen molar-refractivity contribution in [3.05, 3.63) is 42.2 Å². The highest BCUT2D eigenvalue weighted by Gasteiger charge is 2.09. The molecule has 1 atom stereocenters. The summed E-state index contributed by atoms with van der Waals surface area (Å²) < 4.78 is 13.3. The lowest BCUT2D eigenvalue weighted by Crippen LogP contribution is -2.37. The van der Waals surface area contributed by atoms with Crippen LogP contribution in [-0.4, -0.2) is 11.8 Å². The van der Waals surface area contributed by atoms with Gasteiger partial charge in [0.25, 0.3) is 0 Å².